The number of amides is 1. The Hall–Kier alpha value is -2.17. The van der Waals surface area contributed by atoms with Crippen molar-refractivity contribution in [3.63, 3.8) is 0 Å². The summed E-state index contributed by atoms with van der Waals surface area (Å²) in [6.07, 6.45) is 4.34. The number of nitrogens with one attached hydrogen (secondary N) is 1. The van der Waals surface area contributed by atoms with Gasteiger partial charge in [-0.25, -0.2) is 4.39 Å². The zero-order chi connectivity index (χ0) is 14.7. The van der Waals surface area contributed by atoms with E-state index in [9.17, 15) is 9.18 Å². The molecule has 0 radical (unpaired) electrons. The van der Waals surface area contributed by atoms with Crippen molar-refractivity contribution in [3.8, 4) is 0 Å². The van der Waals surface area contributed by atoms with Crippen LogP contribution in [0.25, 0.3) is 10.9 Å². The summed E-state index contributed by atoms with van der Waals surface area (Å²) in [5.41, 5.74) is 1.50. The number of rotatable bonds is 4. The molecule has 0 unspecified atom stereocenters. The Morgan fingerprint density at radius 3 is 2.90 bits per heavy atom. The molecule has 0 bridgehead atoms. The Kier molecular flexibility index (Phi) is 3.99. The van der Waals surface area contributed by atoms with Crippen molar-refractivity contribution in [1.29, 1.82) is 0 Å². The second-order valence-electron chi connectivity index (χ2n) is 5.28. The third-order valence-corrected chi connectivity index (χ3v) is 3.82. The minimum Gasteiger partial charge on any atom is -0.384 e. The predicted molar refractivity (Wildman–Crippen MR) is 80.6 cm³/mol. The highest BCUT2D eigenvalue weighted by Gasteiger charge is 2.17. The van der Waals surface area contributed by atoms with Crippen molar-refractivity contribution in [2.24, 2.45) is 0 Å². The van der Waals surface area contributed by atoms with Gasteiger partial charge in [0.1, 0.15) is 5.82 Å². The highest BCUT2D eigenvalue weighted by atomic mass is 19.1. The molecule has 2 heterocycles. The lowest BCUT2D eigenvalue weighted by molar-refractivity contribution is -0.129. The average Bonchev–Trinajstić information content (AvgIpc) is 3.01. The van der Waals surface area contributed by atoms with Crippen LogP contribution in [0, 0.1) is 5.82 Å². The molecule has 1 aromatic carbocycles. The van der Waals surface area contributed by atoms with Crippen LogP contribution in [0.4, 0.5) is 10.1 Å². The van der Waals surface area contributed by atoms with Gasteiger partial charge < -0.3 is 10.2 Å². The Morgan fingerprint density at radius 1 is 1.29 bits per heavy atom. The number of benzene rings is 1. The zero-order valence-corrected chi connectivity index (χ0v) is 11.8. The first-order valence-corrected chi connectivity index (χ1v) is 7.30. The first-order valence-electron chi connectivity index (χ1n) is 7.30. The maximum Gasteiger partial charge on any atom is 0.224 e. The van der Waals surface area contributed by atoms with E-state index in [0.717, 1.165) is 37.0 Å². The molecule has 110 valence electrons. The standard InChI is InChI=1S/C16H18FN3O/c17-12-3-4-13-14(5-7-19-15(13)11-12)18-8-6-16(21)20-9-1-2-10-20/h3-5,7,11H,1-2,6,8-10H2,(H,18,19). The maximum atomic E-state index is 13.2. The van der Waals surface area contributed by atoms with Crippen molar-refractivity contribution in [2.75, 3.05) is 25.0 Å². The van der Waals surface area contributed by atoms with E-state index in [0.29, 0.717) is 18.5 Å². The molecule has 1 aliphatic rings. The molecule has 1 aromatic heterocycles. The average molecular weight is 287 g/mol. The highest BCUT2D eigenvalue weighted by molar-refractivity contribution is 5.91. The normalized spacial score (nSPS) is 14.6. The number of hydrogen-bond donors (Lipinski definition) is 1. The number of likely N-dealkylation sites (tertiary alicyclic amines) is 1. The van der Waals surface area contributed by atoms with Gasteiger partial charge in [0, 0.05) is 49.4 Å². The van der Waals surface area contributed by atoms with E-state index in [1.165, 1.54) is 12.1 Å². The highest BCUT2D eigenvalue weighted by Crippen LogP contribution is 2.22. The molecule has 1 amide bonds. The smallest absolute Gasteiger partial charge is 0.224 e. The van der Waals surface area contributed by atoms with E-state index in [1.54, 1.807) is 12.3 Å². The number of halogens is 1. The minimum absolute atomic E-state index is 0.199. The predicted octanol–water partition coefficient (Wildman–Crippen LogP) is 2.80. The zero-order valence-electron chi connectivity index (χ0n) is 11.8. The monoisotopic (exact) mass is 287 g/mol. The molecule has 1 N–H and O–H groups in total. The Bertz CT molecular complexity index is 653. The topological polar surface area (TPSA) is 45.2 Å². The van der Waals surface area contributed by atoms with Crippen molar-refractivity contribution in [3.05, 3.63) is 36.3 Å². The quantitative estimate of drug-likeness (QED) is 0.940. The van der Waals surface area contributed by atoms with Crippen LogP contribution in [0.1, 0.15) is 19.3 Å². The van der Waals surface area contributed by atoms with E-state index in [-0.39, 0.29) is 11.7 Å². The number of aromatic nitrogens is 1. The van der Waals surface area contributed by atoms with Gasteiger partial charge in [-0.05, 0) is 31.0 Å². The summed E-state index contributed by atoms with van der Waals surface area (Å²) < 4.78 is 13.2. The molecule has 1 aliphatic heterocycles. The molecule has 0 aliphatic carbocycles. The summed E-state index contributed by atoms with van der Waals surface area (Å²) in [7, 11) is 0. The number of nitrogens with zero attached hydrogens (tertiary/aromatic N) is 2. The van der Waals surface area contributed by atoms with Crippen LogP contribution >= 0.6 is 0 Å². The fourth-order valence-electron chi connectivity index (χ4n) is 2.70. The van der Waals surface area contributed by atoms with Crippen molar-refractivity contribution >= 4 is 22.5 Å². The van der Waals surface area contributed by atoms with Gasteiger partial charge >= 0.3 is 0 Å². The second-order valence-corrected chi connectivity index (χ2v) is 5.28. The number of carbonyl (C=O) groups excluding carboxylic acids is 1. The first-order chi connectivity index (χ1) is 10.2. The van der Waals surface area contributed by atoms with E-state index in [4.69, 9.17) is 0 Å². The lowest BCUT2D eigenvalue weighted by atomic mass is 10.2. The number of anilines is 1. The summed E-state index contributed by atoms with van der Waals surface area (Å²) in [5, 5.41) is 4.12. The summed E-state index contributed by atoms with van der Waals surface area (Å²) >= 11 is 0. The van der Waals surface area contributed by atoms with Gasteiger partial charge in [0.25, 0.3) is 0 Å². The van der Waals surface area contributed by atoms with Crippen LogP contribution in [-0.4, -0.2) is 35.4 Å². The maximum absolute atomic E-state index is 13.2. The van der Waals surface area contributed by atoms with Gasteiger partial charge in [-0.2, -0.15) is 0 Å². The lowest BCUT2D eigenvalue weighted by Gasteiger charge is -2.15. The molecule has 5 heteroatoms. The van der Waals surface area contributed by atoms with E-state index in [2.05, 4.69) is 10.3 Å². The number of hydrogen-bond acceptors (Lipinski definition) is 3. The summed E-state index contributed by atoms with van der Waals surface area (Å²) in [6, 6.07) is 6.39. The van der Waals surface area contributed by atoms with Gasteiger partial charge in [-0.3, -0.25) is 9.78 Å². The molecule has 3 rings (SSSR count). The van der Waals surface area contributed by atoms with Crippen LogP contribution < -0.4 is 5.32 Å². The van der Waals surface area contributed by atoms with Gasteiger partial charge in [0.05, 0.1) is 5.52 Å². The van der Waals surface area contributed by atoms with Crippen LogP contribution in [0.3, 0.4) is 0 Å². The number of pyridine rings is 1. The number of fused-ring (bicyclic) bond motifs is 1. The van der Waals surface area contributed by atoms with Gasteiger partial charge in [-0.1, -0.05) is 0 Å². The molecule has 0 saturated carbocycles. The summed E-state index contributed by atoms with van der Waals surface area (Å²) in [6.45, 7) is 2.35. The first kappa shape index (κ1) is 13.8. The van der Waals surface area contributed by atoms with Crippen LogP contribution in [0.15, 0.2) is 30.5 Å². The van der Waals surface area contributed by atoms with Gasteiger partial charge in [-0.15, -0.1) is 0 Å². The number of carbonyl (C=O) groups is 1. The lowest BCUT2D eigenvalue weighted by Crippen LogP contribution is -2.29. The Morgan fingerprint density at radius 2 is 2.10 bits per heavy atom. The Balaban J connectivity index is 1.64. The molecular weight excluding hydrogens is 269 g/mol. The van der Waals surface area contributed by atoms with E-state index < -0.39 is 0 Å². The molecule has 0 spiro atoms. The van der Waals surface area contributed by atoms with Crippen LogP contribution in [-0.2, 0) is 4.79 Å². The molecule has 1 saturated heterocycles. The summed E-state index contributed by atoms with van der Waals surface area (Å²) in [4.78, 5) is 18.0. The van der Waals surface area contributed by atoms with Crippen molar-refractivity contribution in [1.82, 2.24) is 9.88 Å². The van der Waals surface area contributed by atoms with Gasteiger partial charge in [0.15, 0.2) is 0 Å². The fourth-order valence-corrected chi connectivity index (χ4v) is 2.70. The molecular formula is C16H18FN3O. The molecule has 21 heavy (non-hydrogen) atoms. The van der Waals surface area contributed by atoms with Crippen LogP contribution in [0.2, 0.25) is 0 Å². The van der Waals surface area contributed by atoms with Crippen LogP contribution in [0.5, 0.6) is 0 Å². The molecule has 4 nitrogen and oxygen atoms in total. The molecule has 1 fully saturated rings. The summed E-state index contributed by atoms with van der Waals surface area (Å²) in [5.74, 6) is -0.0965. The SMILES string of the molecule is O=C(CCNc1ccnc2cc(F)ccc12)N1CCCC1. The minimum atomic E-state index is -0.295. The van der Waals surface area contributed by atoms with Gasteiger partial charge in [0.2, 0.25) is 5.91 Å². The third-order valence-electron chi connectivity index (χ3n) is 3.82. The molecule has 2 aromatic rings. The third kappa shape index (κ3) is 3.12. The van der Waals surface area contributed by atoms with E-state index in [1.807, 2.05) is 11.0 Å². The fraction of sp³-hybridized carbons (Fsp3) is 0.375. The molecule has 0 atom stereocenters. The Labute approximate surface area is 123 Å². The van der Waals surface area contributed by atoms with E-state index >= 15 is 0 Å². The largest absolute Gasteiger partial charge is 0.384 e. The van der Waals surface area contributed by atoms with Crippen molar-refractivity contribution in [2.45, 2.75) is 19.3 Å². The second kappa shape index (κ2) is 6.08. The van der Waals surface area contributed by atoms with Crippen molar-refractivity contribution < 1.29 is 9.18 Å².